The van der Waals surface area contributed by atoms with Crippen LogP contribution in [0.1, 0.15) is 33.6 Å². The molecule has 0 atom stereocenters. The summed E-state index contributed by atoms with van der Waals surface area (Å²) in [4.78, 5) is 36.2. The number of pyridine rings is 2. The first kappa shape index (κ1) is 20.1. The van der Waals surface area contributed by atoms with Gasteiger partial charge in [0.2, 0.25) is 0 Å². The summed E-state index contributed by atoms with van der Waals surface area (Å²) in [5, 5.41) is 4.02. The van der Waals surface area contributed by atoms with Crippen LogP contribution < -0.4 is 5.32 Å². The average Bonchev–Trinajstić information content (AvgIpc) is 2.81. The van der Waals surface area contributed by atoms with E-state index in [1.165, 1.54) is 0 Å². The highest BCUT2D eigenvalue weighted by Gasteiger charge is 2.24. The van der Waals surface area contributed by atoms with Gasteiger partial charge in [-0.05, 0) is 61.4 Å². The smallest absolute Gasteiger partial charge is 0.253 e. The number of piperidine rings is 1. The Morgan fingerprint density at radius 1 is 0.900 bits per heavy atom. The minimum Gasteiger partial charge on any atom is -0.349 e. The molecule has 4 rings (SSSR count). The highest BCUT2D eigenvalue weighted by Crippen LogP contribution is 2.25. The maximum absolute atomic E-state index is 12.6. The van der Waals surface area contributed by atoms with Crippen molar-refractivity contribution in [1.82, 2.24) is 20.2 Å². The molecule has 1 saturated heterocycles. The van der Waals surface area contributed by atoms with Crippen molar-refractivity contribution in [2.75, 3.05) is 13.1 Å². The summed E-state index contributed by atoms with van der Waals surface area (Å²) in [5.74, 6) is -0.0635. The Balaban J connectivity index is 1.28. The number of nitrogens with zero attached hydrogens (tertiary/aromatic N) is 3. The van der Waals surface area contributed by atoms with Gasteiger partial charge in [0.1, 0.15) is 5.03 Å². The molecule has 0 saturated carbocycles. The quantitative estimate of drug-likeness (QED) is 0.684. The van der Waals surface area contributed by atoms with Gasteiger partial charge in [-0.15, -0.1) is 0 Å². The number of nitrogens with one attached hydrogen (secondary N) is 1. The zero-order valence-electron chi connectivity index (χ0n) is 16.4. The van der Waals surface area contributed by atoms with E-state index >= 15 is 0 Å². The van der Waals surface area contributed by atoms with Gasteiger partial charge in [-0.3, -0.25) is 14.6 Å². The molecular weight excluding hydrogens is 396 g/mol. The minimum absolute atomic E-state index is 0.0168. The lowest BCUT2D eigenvalue weighted by Gasteiger charge is -2.32. The molecule has 1 aliphatic rings. The summed E-state index contributed by atoms with van der Waals surface area (Å²) in [7, 11) is 0. The van der Waals surface area contributed by atoms with Crippen molar-refractivity contribution in [2.45, 2.75) is 28.8 Å². The van der Waals surface area contributed by atoms with Crippen LogP contribution in [0, 0.1) is 0 Å². The summed E-state index contributed by atoms with van der Waals surface area (Å²) < 4.78 is 0. The summed E-state index contributed by atoms with van der Waals surface area (Å²) >= 11 is 1.56. The Bertz CT molecular complexity index is 989. The van der Waals surface area contributed by atoms with Crippen molar-refractivity contribution in [3.8, 4) is 0 Å². The maximum Gasteiger partial charge on any atom is 0.253 e. The number of aromatic nitrogens is 2. The van der Waals surface area contributed by atoms with E-state index in [2.05, 4.69) is 15.3 Å². The predicted octanol–water partition coefficient (Wildman–Crippen LogP) is 3.66. The lowest BCUT2D eigenvalue weighted by molar-refractivity contribution is 0.0698. The highest BCUT2D eigenvalue weighted by atomic mass is 32.2. The molecule has 0 spiro atoms. The number of hydrogen-bond donors (Lipinski definition) is 1. The van der Waals surface area contributed by atoms with E-state index in [-0.39, 0.29) is 17.9 Å². The van der Waals surface area contributed by atoms with Crippen molar-refractivity contribution in [3.63, 3.8) is 0 Å². The Labute approximate surface area is 179 Å². The van der Waals surface area contributed by atoms with Gasteiger partial charge in [0, 0.05) is 53.7 Å². The fraction of sp³-hybridized carbons (Fsp3) is 0.217. The molecule has 3 heterocycles. The van der Waals surface area contributed by atoms with Crippen LogP contribution in [0.5, 0.6) is 0 Å². The number of rotatable bonds is 5. The van der Waals surface area contributed by atoms with Crippen LogP contribution >= 0.6 is 11.8 Å². The molecule has 3 aromatic rings. The zero-order valence-corrected chi connectivity index (χ0v) is 17.2. The summed E-state index contributed by atoms with van der Waals surface area (Å²) in [5.41, 5.74) is 1.28. The van der Waals surface area contributed by atoms with Crippen LogP contribution in [0.15, 0.2) is 83.1 Å². The summed E-state index contributed by atoms with van der Waals surface area (Å²) in [6.45, 7) is 1.26. The molecule has 6 nitrogen and oxygen atoms in total. The van der Waals surface area contributed by atoms with E-state index in [9.17, 15) is 9.59 Å². The second-order valence-corrected chi connectivity index (χ2v) is 8.16. The number of carbonyl (C=O) groups excluding carboxylic acids is 2. The van der Waals surface area contributed by atoms with Crippen LogP contribution in [0.4, 0.5) is 0 Å². The standard InChI is InChI=1S/C23H22N4O2S/c28-22(17-4-6-20(7-5-17)30-21-3-1-2-12-25-21)26-19-10-15-27(16-11-19)23(29)18-8-13-24-14-9-18/h1-9,12-14,19H,10-11,15-16H2,(H,26,28). The molecule has 152 valence electrons. The second kappa shape index (κ2) is 9.54. The topological polar surface area (TPSA) is 75.2 Å². The van der Waals surface area contributed by atoms with Crippen molar-refractivity contribution in [2.24, 2.45) is 0 Å². The van der Waals surface area contributed by atoms with Gasteiger partial charge in [0.15, 0.2) is 0 Å². The van der Waals surface area contributed by atoms with Crippen LogP contribution in [-0.2, 0) is 0 Å². The van der Waals surface area contributed by atoms with Gasteiger partial charge in [-0.2, -0.15) is 0 Å². The Morgan fingerprint density at radius 2 is 1.63 bits per heavy atom. The first-order valence-corrected chi connectivity index (χ1v) is 10.7. The van der Waals surface area contributed by atoms with E-state index in [0.717, 1.165) is 22.8 Å². The minimum atomic E-state index is -0.0803. The zero-order chi connectivity index (χ0) is 20.8. The molecule has 0 bridgehead atoms. The first-order chi connectivity index (χ1) is 14.7. The molecule has 30 heavy (non-hydrogen) atoms. The lowest BCUT2D eigenvalue weighted by Crippen LogP contribution is -2.46. The third-order valence-corrected chi connectivity index (χ3v) is 5.98. The fourth-order valence-electron chi connectivity index (χ4n) is 3.38. The number of benzene rings is 1. The molecule has 0 unspecified atom stereocenters. The molecule has 2 aromatic heterocycles. The van der Waals surface area contributed by atoms with Crippen molar-refractivity contribution in [3.05, 3.63) is 84.3 Å². The molecular formula is C23H22N4O2S. The SMILES string of the molecule is O=C(NC1CCN(C(=O)c2ccncc2)CC1)c1ccc(Sc2ccccn2)cc1. The van der Waals surface area contributed by atoms with Gasteiger partial charge in [-0.25, -0.2) is 4.98 Å². The van der Waals surface area contributed by atoms with Crippen LogP contribution in [0.3, 0.4) is 0 Å². The molecule has 7 heteroatoms. The number of likely N-dealkylation sites (tertiary alicyclic amines) is 1. The Kier molecular flexibility index (Phi) is 6.39. The molecule has 2 amide bonds. The Hall–Kier alpha value is -3.19. The molecule has 0 radical (unpaired) electrons. The van der Waals surface area contributed by atoms with Crippen molar-refractivity contribution >= 4 is 23.6 Å². The normalized spacial score (nSPS) is 14.3. The molecule has 0 aliphatic carbocycles. The average molecular weight is 419 g/mol. The number of carbonyl (C=O) groups is 2. The maximum atomic E-state index is 12.6. The molecule has 1 aromatic carbocycles. The highest BCUT2D eigenvalue weighted by molar-refractivity contribution is 7.99. The van der Waals surface area contributed by atoms with Crippen LogP contribution in [-0.4, -0.2) is 45.8 Å². The lowest BCUT2D eigenvalue weighted by atomic mass is 10.0. The van der Waals surface area contributed by atoms with E-state index in [1.54, 1.807) is 42.5 Å². The van der Waals surface area contributed by atoms with E-state index < -0.39 is 0 Å². The number of amides is 2. The molecule has 1 N–H and O–H groups in total. The van der Waals surface area contributed by atoms with Gasteiger partial charge in [0.25, 0.3) is 11.8 Å². The first-order valence-electron chi connectivity index (χ1n) is 9.88. The predicted molar refractivity (Wildman–Crippen MR) is 115 cm³/mol. The largest absolute Gasteiger partial charge is 0.349 e. The van der Waals surface area contributed by atoms with Crippen LogP contribution in [0.25, 0.3) is 0 Å². The van der Waals surface area contributed by atoms with Crippen molar-refractivity contribution < 1.29 is 9.59 Å². The van der Waals surface area contributed by atoms with Crippen LogP contribution in [0.2, 0.25) is 0 Å². The molecule has 1 aliphatic heterocycles. The third-order valence-electron chi connectivity index (χ3n) is 5.02. The van der Waals surface area contributed by atoms with Gasteiger partial charge < -0.3 is 10.2 Å². The Morgan fingerprint density at radius 3 is 2.30 bits per heavy atom. The second-order valence-electron chi connectivity index (χ2n) is 7.07. The van der Waals surface area contributed by atoms with E-state index in [4.69, 9.17) is 0 Å². The van der Waals surface area contributed by atoms with Gasteiger partial charge in [0.05, 0.1) is 0 Å². The molecule has 1 fully saturated rings. The van der Waals surface area contributed by atoms with Gasteiger partial charge in [-0.1, -0.05) is 17.8 Å². The van der Waals surface area contributed by atoms with E-state index in [0.29, 0.717) is 24.2 Å². The summed E-state index contributed by atoms with van der Waals surface area (Å²) in [6, 6.07) is 16.9. The fourth-order valence-corrected chi connectivity index (χ4v) is 4.15. The third kappa shape index (κ3) is 5.04. The summed E-state index contributed by atoms with van der Waals surface area (Å²) in [6.07, 6.45) is 6.51. The van der Waals surface area contributed by atoms with E-state index in [1.807, 2.05) is 47.4 Å². The van der Waals surface area contributed by atoms with Crippen molar-refractivity contribution in [1.29, 1.82) is 0 Å². The number of hydrogen-bond acceptors (Lipinski definition) is 5. The monoisotopic (exact) mass is 418 g/mol. The van der Waals surface area contributed by atoms with Gasteiger partial charge >= 0.3 is 0 Å².